The van der Waals surface area contributed by atoms with Crippen molar-refractivity contribution in [1.82, 2.24) is 4.98 Å². The Hall–Kier alpha value is -1.83. The van der Waals surface area contributed by atoms with Gasteiger partial charge in [0, 0.05) is 17.6 Å². The van der Waals surface area contributed by atoms with E-state index in [-0.39, 0.29) is 15.8 Å². The lowest BCUT2D eigenvalue weighted by atomic mass is 9.95. The van der Waals surface area contributed by atoms with Gasteiger partial charge >= 0.3 is 0 Å². The second kappa shape index (κ2) is 8.73. The van der Waals surface area contributed by atoms with Crippen LogP contribution in [-0.4, -0.2) is 26.5 Å². The first-order chi connectivity index (χ1) is 14.4. The summed E-state index contributed by atoms with van der Waals surface area (Å²) in [5.41, 5.74) is 0.570. The minimum atomic E-state index is -3.87. The van der Waals surface area contributed by atoms with Crippen LogP contribution in [0.5, 0.6) is 0 Å². The Kier molecular flexibility index (Phi) is 6.23. The Morgan fingerprint density at radius 2 is 1.80 bits per heavy atom. The maximum absolute atomic E-state index is 13.5. The summed E-state index contributed by atoms with van der Waals surface area (Å²) in [6.45, 7) is 3.66. The third-order valence-electron chi connectivity index (χ3n) is 5.54. The van der Waals surface area contributed by atoms with Gasteiger partial charge in [0.25, 0.3) is 0 Å². The van der Waals surface area contributed by atoms with Crippen LogP contribution in [0.4, 0.5) is 5.88 Å². The largest absolute Gasteiger partial charge is 0.419 e. The molecule has 0 atom stereocenters. The Labute approximate surface area is 190 Å². The lowest BCUT2D eigenvalue weighted by molar-refractivity contribution is 0.380. The number of sulfone groups is 1. The first-order valence-corrected chi connectivity index (χ1v) is 12.6. The Morgan fingerprint density at radius 1 is 1.13 bits per heavy atom. The van der Waals surface area contributed by atoms with E-state index in [1.54, 1.807) is 36.4 Å². The fraction of sp³-hybridized carbons (Fsp3) is 0.318. The first kappa shape index (κ1) is 21.4. The number of hydrogen-bond donors (Lipinski definition) is 0. The van der Waals surface area contributed by atoms with E-state index in [0.717, 1.165) is 36.8 Å². The van der Waals surface area contributed by atoms with Crippen LogP contribution in [0.3, 0.4) is 0 Å². The number of nitrogens with zero attached hydrogens (tertiary/aromatic N) is 2. The Balaban J connectivity index is 1.82. The number of aromatic nitrogens is 1. The van der Waals surface area contributed by atoms with Gasteiger partial charge in [-0.2, -0.15) is 4.98 Å². The van der Waals surface area contributed by atoms with Gasteiger partial charge in [-0.1, -0.05) is 53.0 Å². The van der Waals surface area contributed by atoms with Crippen molar-refractivity contribution in [1.29, 1.82) is 0 Å². The minimum Gasteiger partial charge on any atom is -0.419 e. The highest BCUT2D eigenvalue weighted by Gasteiger charge is 2.33. The molecule has 1 fully saturated rings. The molecule has 0 saturated carbocycles. The van der Waals surface area contributed by atoms with Crippen molar-refractivity contribution in [2.75, 3.05) is 18.0 Å². The van der Waals surface area contributed by atoms with Crippen molar-refractivity contribution >= 4 is 43.3 Å². The van der Waals surface area contributed by atoms with Crippen molar-refractivity contribution in [3.8, 4) is 11.5 Å². The first-order valence-electron chi connectivity index (χ1n) is 9.91. The van der Waals surface area contributed by atoms with Crippen molar-refractivity contribution in [3.05, 3.63) is 58.0 Å². The van der Waals surface area contributed by atoms with Gasteiger partial charge in [0.1, 0.15) is 0 Å². The second-order valence-electron chi connectivity index (χ2n) is 7.41. The number of anilines is 1. The zero-order chi connectivity index (χ0) is 21.3. The number of benzene rings is 2. The second-order valence-corrected chi connectivity index (χ2v) is 10.6. The molecule has 5 nitrogen and oxygen atoms in total. The van der Waals surface area contributed by atoms with Crippen molar-refractivity contribution < 1.29 is 12.8 Å². The number of piperidine rings is 1. The summed E-state index contributed by atoms with van der Waals surface area (Å²) in [5.74, 6) is 1.16. The number of oxazole rings is 1. The van der Waals surface area contributed by atoms with E-state index >= 15 is 0 Å². The van der Waals surface area contributed by atoms with E-state index in [1.165, 1.54) is 0 Å². The lowest BCUT2D eigenvalue weighted by Crippen LogP contribution is -2.34. The molecule has 2 aromatic carbocycles. The molecule has 1 aromatic heterocycles. The molecule has 1 aliphatic heterocycles. The molecule has 0 unspecified atom stereocenters. The van der Waals surface area contributed by atoms with Crippen molar-refractivity contribution in [3.63, 3.8) is 0 Å². The fourth-order valence-electron chi connectivity index (χ4n) is 3.69. The summed E-state index contributed by atoms with van der Waals surface area (Å²) >= 11 is 9.67. The molecule has 2 heterocycles. The maximum Gasteiger partial charge on any atom is 0.236 e. The Morgan fingerprint density at radius 3 is 2.43 bits per heavy atom. The molecular formula is C22H22BrClN2O3S. The van der Waals surface area contributed by atoms with E-state index < -0.39 is 9.84 Å². The van der Waals surface area contributed by atoms with Gasteiger partial charge in [-0.3, -0.25) is 0 Å². The highest BCUT2D eigenvalue weighted by atomic mass is 79.9. The van der Waals surface area contributed by atoms with Gasteiger partial charge in [0.05, 0.1) is 15.5 Å². The molecule has 1 saturated heterocycles. The van der Waals surface area contributed by atoms with Crippen LogP contribution in [0, 0.1) is 5.92 Å². The lowest BCUT2D eigenvalue weighted by Gasteiger charge is -2.31. The molecule has 30 heavy (non-hydrogen) atoms. The molecule has 0 spiro atoms. The van der Waals surface area contributed by atoms with Gasteiger partial charge in [-0.15, -0.1) is 0 Å². The third kappa shape index (κ3) is 4.15. The van der Waals surface area contributed by atoms with E-state index in [1.807, 2.05) is 17.0 Å². The van der Waals surface area contributed by atoms with Gasteiger partial charge in [0.2, 0.25) is 26.6 Å². The summed E-state index contributed by atoms with van der Waals surface area (Å²) in [6.07, 6.45) is 3.12. The monoisotopic (exact) mass is 508 g/mol. The number of rotatable bonds is 5. The minimum absolute atomic E-state index is 0.0605. The van der Waals surface area contributed by atoms with Crippen molar-refractivity contribution in [2.24, 2.45) is 5.92 Å². The molecule has 8 heteroatoms. The van der Waals surface area contributed by atoms with Crippen LogP contribution in [0.25, 0.3) is 11.5 Å². The molecule has 0 N–H and O–H groups in total. The van der Waals surface area contributed by atoms with Crippen LogP contribution in [-0.2, 0) is 9.84 Å². The predicted molar refractivity (Wildman–Crippen MR) is 122 cm³/mol. The van der Waals surface area contributed by atoms with E-state index in [0.29, 0.717) is 22.4 Å². The van der Waals surface area contributed by atoms with Crippen LogP contribution >= 0.6 is 27.5 Å². The van der Waals surface area contributed by atoms with Gasteiger partial charge in [0.15, 0.2) is 0 Å². The van der Waals surface area contributed by atoms with E-state index in [9.17, 15) is 8.42 Å². The SMILES string of the molecule is CCC1CCN(c2oc(-c3ccccc3Cl)nc2S(=O)(=O)c2ccc(Br)cc2)CC1. The molecule has 0 bridgehead atoms. The van der Waals surface area contributed by atoms with Gasteiger partial charge in [-0.05, 0) is 55.2 Å². The third-order valence-corrected chi connectivity index (χ3v) is 8.07. The summed E-state index contributed by atoms with van der Waals surface area (Å²) in [6, 6.07) is 13.7. The predicted octanol–water partition coefficient (Wildman–Crippen LogP) is 6.22. The van der Waals surface area contributed by atoms with E-state index in [2.05, 4.69) is 27.8 Å². The average Bonchev–Trinajstić information content (AvgIpc) is 3.20. The normalized spacial score (nSPS) is 15.5. The quantitative estimate of drug-likeness (QED) is 0.409. The molecule has 0 radical (unpaired) electrons. The molecule has 0 amide bonds. The molecule has 4 rings (SSSR count). The van der Waals surface area contributed by atoms with Crippen LogP contribution < -0.4 is 4.90 Å². The zero-order valence-electron chi connectivity index (χ0n) is 16.5. The van der Waals surface area contributed by atoms with Crippen LogP contribution in [0.15, 0.2) is 67.3 Å². The molecule has 158 valence electrons. The molecule has 0 aliphatic carbocycles. The van der Waals surface area contributed by atoms with Gasteiger partial charge in [-0.25, -0.2) is 8.42 Å². The summed E-state index contributed by atoms with van der Waals surface area (Å²) in [7, 11) is -3.87. The smallest absolute Gasteiger partial charge is 0.236 e. The summed E-state index contributed by atoms with van der Waals surface area (Å²) in [4.78, 5) is 6.60. The molecule has 3 aromatic rings. The zero-order valence-corrected chi connectivity index (χ0v) is 19.7. The molecule has 1 aliphatic rings. The fourth-order valence-corrected chi connectivity index (χ4v) is 5.49. The summed E-state index contributed by atoms with van der Waals surface area (Å²) in [5, 5.41) is 0.400. The van der Waals surface area contributed by atoms with Gasteiger partial charge < -0.3 is 9.32 Å². The highest BCUT2D eigenvalue weighted by molar-refractivity contribution is 9.10. The van der Waals surface area contributed by atoms with Crippen LogP contribution in [0.1, 0.15) is 26.2 Å². The topological polar surface area (TPSA) is 63.4 Å². The van der Waals surface area contributed by atoms with Crippen molar-refractivity contribution in [2.45, 2.75) is 36.1 Å². The number of halogens is 2. The average molecular weight is 510 g/mol. The van der Waals surface area contributed by atoms with E-state index in [4.69, 9.17) is 16.0 Å². The highest BCUT2D eigenvalue weighted by Crippen LogP contribution is 2.38. The molecular weight excluding hydrogens is 488 g/mol. The standard InChI is InChI=1S/C22H22BrClN2O3S/c1-2-15-11-13-26(14-12-15)22-21(30(27,28)17-9-7-16(23)8-10-17)25-20(29-22)18-5-3-4-6-19(18)24/h3-10,15H,2,11-14H2,1H3. The Bertz CT molecular complexity index is 1140. The summed E-state index contributed by atoms with van der Waals surface area (Å²) < 4.78 is 33.8. The number of hydrogen-bond acceptors (Lipinski definition) is 5. The maximum atomic E-state index is 13.5. The van der Waals surface area contributed by atoms with Crippen LogP contribution in [0.2, 0.25) is 5.02 Å².